The van der Waals surface area contributed by atoms with Crippen LogP contribution in [0.4, 0.5) is 0 Å². The second kappa shape index (κ2) is 3.43. The molecular weight excluding hydrogens is 246 g/mol. The molecule has 0 aliphatic heterocycles. The molecule has 0 radical (unpaired) electrons. The summed E-state index contributed by atoms with van der Waals surface area (Å²) < 4.78 is 0. The first kappa shape index (κ1) is 9.85. The molecule has 0 bridgehead atoms. The highest BCUT2D eigenvalue weighted by molar-refractivity contribution is 6.33. The smallest absolute Gasteiger partial charge is 0.0735 e. The standard InChI is InChI=1S/C14H8ClN3/c15-8-1-2-10-11(5-8)12-6-16-4-3-9(12)13-7-17-18-14(10)13/h1-7H,(H,17,18). The number of nitrogens with one attached hydrogen (secondary N) is 1. The number of nitrogens with zero attached hydrogens (tertiary/aromatic N) is 2. The predicted octanol–water partition coefficient (Wildman–Crippen LogP) is 3.92. The van der Waals surface area contributed by atoms with Gasteiger partial charge in [-0.05, 0) is 29.0 Å². The number of pyridine rings is 1. The molecule has 0 saturated heterocycles. The third-order valence-electron chi connectivity index (χ3n) is 3.29. The Hall–Kier alpha value is -2.13. The molecule has 0 aliphatic rings. The molecule has 0 unspecified atom stereocenters. The molecule has 2 aromatic carbocycles. The second-order valence-electron chi connectivity index (χ2n) is 4.27. The molecule has 4 aromatic rings. The molecule has 0 aliphatic carbocycles. The molecule has 86 valence electrons. The van der Waals surface area contributed by atoms with Gasteiger partial charge < -0.3 is 0 Å². The van der Waals surface area contributed by atoms with Crippen LogP contribution < -0.4 is 0 Å². The van der Waals surface area contributed by atoms with E-state index in [0.29, 0.717) is 0 Å². The lowest BCUT2D eigenvalue weighted by Gasteiger charge is -2.06. The molecule has 0 atom stereocenters. The number of benzene rings is 2. The van der Waals surface area contributed by atoms with Crippen molar-refractivity contribution in [1.82, 2.24) is 15.2 Å². The third kappa shape index (κ3) is 1.19. The van der Waals surface area contributed by atoms with E-state index >= 15 is 0 Å². The Morgan fingerprint density at radius 1 is 0.889 bits per heavy atom. The maximum absolute atomic E-state index is 6.10. The van der Waals surface area contributed by atoms with Gasteiger partial charge in [0.15, 0.2) is 0 Å². The van der Waals surface area contributed by atoms with Crippen LogP contribution in [0.1, 0.15) is 0 Å². The van der Waals surface area contributed by atoms with Gasteiger partial charge in [0, 0.05) is 33.6 Å². The molecule has 0 spiro atoms. The Kier molecular flexibility index (Phi) is 1.88. The Labute approximate surface area is 107 Å². The van der Waals surface area contributed by atoms with Crippen LogP contribution in [0.3, 0.4) is 0 Å². The minimum absolute atomic E-state index is 0.728. The summed E-state index contributed by atoms with van der Waals surface area (Å²) >= 11 is 6.10. The number of hydrogen-bond acceptors (Lipinski definition) is 2. The van der Waals surface area contributed by atoms with Gasteiger partial charge in [-0.15, -0.1) is 0 Å². The van der Waals surface area contributed by atoms with Crippen molar-refractivity contribution in [2.75, 3.05) is 0 Å². The molecule has 4 rings (SSSR count). The fourth-order valence-electron chi connectivity index (χ4n) is 2.50. The fraction of sp³-hybridized carbons (Fsp3) is 0. The quantitative estimate of drug-likeness (QED) is 0.483. The molecule has 0 fully saturated rings. The van der Waals surface area contributed by atoms with Gasteiger partial charge in [-0.25, -0.2) is 0 Å². The number of aromatic amines is 1. The number of rotatable bonds is 0. The first-order chi connectivity index (χ1) is 8.84. The summed E-state index contributed by atoms with van der Waals surface area (Å²) in [6.07, 6.45) is 5.53. The first-order valence-corrected chi connectivity index (χ1v) is 6.00. The molecule has 0 saturated carbocycles. The van der Waals surface area contributed by atoms with Crippen molar-refractivity contribution in [3.05, 3.63) is 47.9 Å². The van der Waals surface area contributed by atoms with Gasteiger partial charge in [-0.3, -0.25) is 10.1 Å². The normalized spacial score (nSPS) is 11.6. The van der Waals surface area contributed by atoms with Crippen molar-refractivity contribution in [1.29, 1.82) is 0 Å². The number of aromatic nitrogens is 3. The monoisotopic (exact) mass is 253 g/mol. The second-order valence-corrected chi connectivity index (χ2v) is 4.71. The maximum atomic E-state index is 6.10. The minimum atomic E-state index is 0.728. The largest absolute Gasteiger partial charge is 0.277 e. The van der Waals surface area contributed by atoms with Crippen LogP contribution in [-0.2, 0) is 0 Å². The van der Waals surface area contributed by atoms with Gasteiger partial charge in [0.2, 0.25) is 0 Å². The zero-order chi connectivity index (χ0) is 12.1. The predicted molar refractivity (Wildman–Crippen MR) is 73.9 cm³/mol. The van der Waals surface area contributed by atoms with E-state index in [4.69, 9.17) is 11.6 Å². The third-order valence-corrected chi connectivity index (χ3v) is 3.53. The number of fused-ring (bicyclic) bond motifs is 6. The van der Waals surface area contributed by atoms with E-state index in [1.54, 1.807) is 6.20 Å². The van der Waals surface area contributed by atoms with Gasteiger partial charge in [0.05, 0.1) is 11.7 Å². The maximum Gasteiger partial charge on any atom is 0.0735 e. The topological polar surface area (TPSA) is 41.6 Å². The van der Waals surface area contributed by atoms with E-state index in [1.165, 1.54) is 0 Å². The average molecular weight is 254 g/mol. The summed E-state index contributed by atoms with van der Waals surface area (Å²) in [6, 6.07) is 7.89. The summed E-state index contributed by atoms with van der Waals surface area (Å²) in [4.78, 5) is 4.21. The summed E-state index contributed by atoms with van der Waals surface area (Å²) in [5.74, 6) is 0. The van der Waals surface area contributed by atoms with Crippen LogP contribution in [0.2, 0.25) is 5.02 Å². The summed E-state index contributed by atoms with van der Waals surface area (Å²) in [5.41, 5.74) is 1.04. The van der Waals surface area contributed by atoms with Crippen LogP contribution in [0, 0.1) is 0 Å². The number of H-pyrrole nitrogens is 1. The lowest BCUT2D eigenvalue weighted by Crippen LogP contribution is -1.82. The Balaban J connectivity index is 2.44. The zero-order valence-corrected chi connectivity index (χ0v) is 10.1. The Bertz CT molecular complexity index is 895. The van der Waals surface area contributed by atoms with Crippen molar-refractivity contribution in [2.24, 2.45) is 0 Å². The molecule has 2 aromatic heterocycles. The van der Waals surface area contributed by atoms with Gasteiger partial charge in [0.25, 0.3) is 0 Å². The van der Waals surface area contributed by atoms with Crippen molar-refractivity contribution in [2.45, 2.75) is 0 Å². The average Bonchev–Trinajstić information content (AvgIpc) is 2.88. The molecule has 4 heteroatoms. The van der Waals surface area contributed by atoms with Gasteiger partial charge >= 0.3 is 0 Å². The zero-order valence-electron chi connectivity index (χ0n) is 9.31. The van der Waals surface area contributed by atoms with Crippen LogP contribution in [0.15, 0.2) is 42.9 Å². The molecular formula is C14H8ClN3. The van der Waals surface area contributed by atoms with E-state index in [9.17, 15) is 0 Å². The Morgan fingerprint density at radius 3 is 2.78 bits per heavy atom. The molecule has 1 N–H and O–H groups in total. The van der Waals surface area contributed by atoms with Crippen LogP contribution in [-0.4, -0.2) is 15.2 Å². The van der Waals surface area contributed by atoms with Crippen molar-refractivity contribution in [3.8, 4) is 0 Å². The highest BCUT2D eigenvalue weighted by atomic mass is 35.5. The van der Waals surface area contributed by atoms with Crippen LogP contribution >= 0.6 is 11.6 Å². The van der Waals surface area contributed by atoms with E-state index in [0.717, 1.165) is 37.5 Å². The van der Waals surface area contributed by atoms with E-state index < -0.39 is 0 Å². The SMILES string of the molecule is Clc1ccc2c(c1)c1cnccc1c1cn[nH]c21. The molecule has 3 nitrogen and oxygen atoms in total. The molecule has 0 amide bonds. The van der Waals surface area contributed by atoms with Crippen molar-refractivity contribution < 1.29 is 0 Å². The first-order valence-electron chi connectivity index (χ1n) is 5.62. The minimum Gasteiger partial charge on any atom is -0.277 e. The summed E-state index contributed by atoms with van der Waals surface area (Å²) in [7, 11) is 0. The molecule has 2 heterocycles. The number of halogens is 1. The van der Waals surface area contributed by atoms with Gasteiger partial charge in [-0.2, -0.15) is 5.10 Å². The number of hydrogen-bond donors (Lipinski definition) is 1. The summed E-state index contributed by atoms with van der Waals surface area (Å²) in [5, 5.41) is 13.5. The van der Waals surface area contributed by atoms with E-state index in [2.05, 4.69) is 15.2 Å². The fourth-order valence-corrected chi connectivity index (χ4v) is 2.67. The lowest BCUT2D eigenvalue weighted by atomic mass is 10.0. The van der Waals surface area contributed by atoms with Crippen LogP contribution in [0.5, 0.6) is 0 Å². The van der Waals surface area contributed by atoms with Crippen molar-refractivity contribution >= 4 is 44.0 Å². The Morgan fingerprint density at radius 2 is 1.83 bits per heavy atom. The van der Waals surface area contributed by atoms with Crippen LogP contribution in [0.25, 0.3) is 32.4 Å². The van der Waals surface area contributed by atoms with E-state index in [-0.39, 0.29) is 0 Å². The lowest BCUT2D eigenvalue weighted by molar-refractivity contribution is 1.12. The highest BCUT2D eigenvalue weighted by Gasteiger charge is 2.09. The summed E-state index contributed by atoms with van der Waals surface area (Å²) in [6.45, 7) is 0. The highest BCUT2D eigenvalue weighted by Crippen LogP contribution is 2.34. The molecule has 18 heavy (non-hydrogen) atoms. The van der Waals surface area contributed by atoms with Crippen molar-refractivity contribution in [3.63, 3.8) is 0 Å². The van der Waals surface area contributed by atoms with Gasteiger partial charge in [-0.1, -0.05) is 17.7 Å². The van der Waals surface area contributed by atoms with Gasteiger partial charge in [0.1, 0.15) is 0 Å². The van der Waals surface area contributed by atoms with E-state index in [1.807, 2.05) is 36.7 Å².